The molecule has 0 saturated heterocycles. The van der Waals surface area contributed by atoms with Gasteiger partial charge in [0.1, 0.15) is 0 Å². The number of halogens is 1. The van der Waals surface area contributed by atoms with Gasteiger partial charge in [0.2, 0.25) is 0 Å². The molecule has 14 heavy (non-hydrogen) atoms. The molecule has 0 atom stereocenters. The van der Waals surface area contributed by atoms with Gasteiger partial charge in [-0.25, -0.2) is 0 Å². The predicted molar refractivity (Wildman–Crippen MR) is 69.7 cm³/mol. The van der Waals surface area contributed by atoms with E-state index < -0.39 is 0 Å². The highest BCUT2D eigenvalue weighted by Gasteiger charge is 1.92. The molecule has 0 heterocycles. The van der Waals surface area contributed by atoms with E-state index in [2.05, 4.69) is 61.9 Å². The molecule has 0 unspecified atom stereocenters. The third kappa shape index (κ3) is 6.20. The van der Waals surface area contributed by atoms with Gasteiger partial charge in [-0.15, -0.1) is 0 Å². The molecule has 0 spiro atoms. The lowest BCUT2D eigenvalue weighted by Crippen LogP contribution is -1.77. The summed E-state index contributed by atoms with van der Waals surface area (Å²) in [6, 6.07) is 0. The van der Waals surface area contributed by atoms with Crippen molar-refractivity contribution in [3.8, 4) is 0 Å². The number of rotatable bonds is 5. The standard InChI is InChI=1S/C13H21Br/c1-5-7-11(3)9-10-13(14)12(4)8-6-2/h8-10H,5-7H2,1-4H3/b11-9-,12-8-,13-10+. The number of allylic oxidation sites excluding steroid dienone is 6. The van der Waals surface area contributed by atoms with Crippen LogP contribution in [0, 0.1) is 0 Å². The average Bonchev–Trinajstić information content (AvgIpc) is 2.15. The molecular formula is C13H21Br. The minimum atomic E-state index is 1.09. The highest BCUT2D eigenvalue weighted by atomic mass is 79.9. The first-order valence-electron chi connectivity index (χ1n) is 5.31. The molecule has 0 aliphatic carbocycles. The van der Waals surface area contributed by atoms with E-state index in [1.807, 2.05) is 0 Å². The molecule has 1 heteroatoms. The van der Waals surface area contributed by atoms with E-state index in [4.69, 9.17) is 0 Å². The fourth-order valence-electron chi connectivity index (χ4n) is 1.23. The van der Waals surface area contributed by atoms with Gasteiger partial charge in [0.15, 0.2) is 0 Å². The lowest BCUT2D eigenvalue weighted by molar-refractivity contribution is 0.905. The Morgan fingerprint density at radius 2 is 1.79 bits per heavy atom. The van der Waals surface area contributed by atoms with Crippen molar-refractivity contribution >= 4 is 15.9 Å². The molecule has 0 aliphatic heterocycles. The van der Waals surface area contributed by atoms with Gasteiger partial charge in [-0.2, -0.15) is 0 Å². The van der Waals surface area contributed by atoms with Crippen molar-refractivity contribution in [3.05, 3.63) is 33.9 Å². The smallest absolute Gasteiger partial charge is 0.0201 e. The molecule has 0 aromatic rings. The molecule has 80 valence electrons. The number of hydrogen-bond acceptors (Lipinski definition) is 0. The highest BCUT2D eigenvalue weighted by Crippen LogP contribution is 2.18. The zero-order valence-corrected chi connectivity index (χ0v) is 11.3. The minimum Gasteiger partial charge on any atom is -0.0807 e. The van der Waals surface area contributed by atoms with Gasteiger partial charge in [-0.3, -0.25) is 0 Å². The summed E-state index contributed by atoms with van der Waals surface area (Å²) in [7, 11) is 0. The Balaban J connectivity index is 4.37. The van der Waals surface area contributed by atoms with Gasteiger partial charge in [-0.1, -0.05) is 53.9 Å². The molecule has 0 aromatic heterocycles. The molecular weight excluding hydrogens is 236 g/mol. The summed E-state index contributed by atoms with van der Waals surface area (Å²) >= 11 is 3.57. The van der Waals surface area contributed by atoms with Gasteiger partial charge in [0.25, 0.3) is 0 Å². The van der Waals surface area contributed by atoms with Gasteiger partial charge < -0.3 is 0 Å². The Bertz CT molecular complexity index is 244. The molecule has 0 rings (SSSR count). The maximum absolute atomic E-state index is 3.57. The lowest BCUT2D eigenvalue weighted by atomic mass is 10.1. The molecule has 0 amide bonds. The third-order valence-electron chi connectivity index (χ3n) is 2.05. The topological polar surface area (TPSA) is 0 Å². The second kappa shape index (κ2) is 8.05. The highest BCUT2D eigenvalue weighted by molar-refractivity contribution is 9.12. The van der Waals surface area contributed by atoms with Gasteiger partial charge in [0.05, 0.1) is 0 Å². The van der Waals surface area contributed by atoms with Crippen molar-refractivity contribution in [3.63, 3.8) is 0 Å². The largest absolute Gasteiger partial charge is 0.0807 e. The monoisotopic (exact) mass is 256 g/mol. The van der Waals surface area contributed by atoms with Crippen molar-refractivity contribution in [2.45, 2.75) is 47.0 Å². The fraction of sp³-hybridized carbons (Fsp3) is 0.538. The van der Waals surface area contributed by atoms with E-state index in [1.54, 1.807) is 0 Å². The first-order valence-corrected chi connectivity index (χ1v) is 6.11. The molecule has 0 saturated carbocycles. The van der Waals surface area contributed by atoms with E-state index >= 15 is 0 Å². The Morgan fingerprint density at radius 1 is 1.14 bits per heavy atom. The molecule has 0 fully saturated rings. The Morgan fingerprint density at radius 3 is 2.29 bits per heavy atom. The first kappa shape index (κ1) is 13.7. The third-order valence-corrected chi connectivity index (χ3v) is 2.94. The van der Waals surface area contributed by atoms with E-state index in [1.165, 1.54) is 28.5 Å². The number of hydrogen-bond donors (Lipinski definition) is 0. The summed E-state index contributed by atoms with van der Waals surface area (Å²) in [5.74, 6) is 0. The van der Waals surface area contributed by atoms with Crippen LogP contribution in [0.5, 0.6) is 0 Å². The van der Waals surface area contributed by atoms with E-state index in [0.29, 0.717) is 0 Å². The van der Waals surface area contributed by atoms with Gasteiger partial charge in [-0.05, 0) is 38.3 Å². The zero-order chi connectivity index (χ0) is 11.0. The molecule has 0 radical (unpaired) electrons. The Kier molecular flexibility index (Phi) is 7.87. The summed E-state index contributed by atoms with van der Waals surface area (Å²) in [6.45, 7) is 8.67. The predicted octanol–water partition coefficient (Wildman–Crippen LogP) is 5.37. The van der Waals surface area contributed by atoms with Gasteiger partial charge in [0, 0.05) is 4.48 Å². The van der Waals surface area contributed by atoms with Crippen LogP contribution in [-0.4, -0.2) is 0 Å². The summed E-state index contributed by atoms with van der Waals surface area (Å²) < 4.78 is 1.19. The maximum Gasteiger partial charge on any atom is 0.0201 e. The minimum absolute atomic E-state index is 1.09. The summed E-state index contributed by atoms with van der Waals surface area (Å²) in [5, 5.41) is 0. The van der Waals surface area contributed by atoms with Gasteiger partial charge >= 0.3 is 0 Å². The van der Waals surface area contributed by atoms with Crippen molar-refractivity contribution < 1.29 is 0 Å². The van der Waals surface area contributed by atoms with Crippen molar-refractivity contribution in [1.29, 1.82) is 0 Å². The van der Waals surface area contributed by atoms with Crippen LogP contribution in [0.1, 0.15) is 47.0 Å². The molecule has 0 N–H and O–H groups in total. The average molecular weight is 257 g/mol. The Labute approximate surface area is 96.9 Å². The van der Waals surface area contributed by atoms with Crippen molar-refractivity contribution in [2.75, 3.05) is 0 Å². The Hall–Kier alpha value is -0.300. The fourth-order valence-corrected chi connectivity index (χ4v) is 1.52. The van der Waals surface area contributed by atoms with Crippen LogP contribution in [-0.2, 0) is 0 Å². The van der Waals surface area contributed by atoms with Crippen LogP contribution in [0.3, 0.4) is 0 Å². The lowest BCUT2D eigenvalue weighted by Gasteiger charge is -1.98. The molecule has 0 bridgehead atoms. The van der Waals surface area contributed by atoms with Crippen LogP contribution < -0.4 is 0 Å². The second-order valence-corrected chi connectivity index (χ2v) is 4.43. The molecule has 0 aliphatic rings. The van der Waals surface area contributed by atoms with E-state index in [-0.39, 0.29) is 0 Å². The van der Waals surface area contributed by atoms with Crippen molar-refractivity contribution in [1.82, 2.24) is 0 Å². The van der Waals surface area contributed by atoms with Crippen LogP contribution in [0.25, 0.3) is 0 Å². The SMILES string of the molecule is CC\C=C(C)/C(Br)=C\C=C(\C)CCC. The summed E-state index contributed by atoms with van der Waals surface area (Å²) in [6.07, 6.45) is 10.1. The zero-order valence-electron chi connectivity index (χ0n) is 9.73. The van der Waals surface area contributed by atoms with Crippen molar-refractivity contribution in [2.24, 2.45) is 0 Å². The summed E-state index contributed by atoms with van der Waals surface area (Å²) in [4.78, 5) is 0. The first-order chi connectivity index (χ1) is 6.61. The van der Waals surface area contributed by atoms with Crippen LogP contribution in [0.4, 0.5) is 0 Å². The van der Waals surface area contributed by atoms with Crippen LogP contribution in [0.2, 0.25) is 0 Å². The molecule has 0 aromatic carbocycles. The van der Waals surface area contributed by atoms with Crippen LogP contribution in [0.15, 0.2) is 33.9 Å². The van der Waals surface area contributed by atoms with Crippen LogP contribution >= 0.6 is 15.9 Å². The second-order valence-electron chi connectivity index (χ2n) is 3.57. The quantitative estimate of drug-likeness (QED) is 0.581. The summed E-state index contributed by atoms with van der Waals surface area (Å²) in [5.41, 5.74) is 2.75. The van der Waals surface area contributed by atoms with E-state index in [0.717, 1.165) is 6.42 Å². The van der Waals surface area contributed by atoms with E-state index in [9.17, 15) is 0 Å². The normalized spacial score (nSPS) is 14.8. The maximum atomic E-state index is 3.57. The molecule has 0 nitrogen and oxygen atoms in total.